The van der Waals surface area contributed by atoms with Crippen LogP contribution in [-0.2, 0) is 9.53 Å². The minimum atomic E-state index is -0.963. The molecule has 144 valence electrons. The second-order valence-electron chi connectivity index (χ2n) is 7.36. The number of amides is 1. The first-order valence-electron chi connectivity index (χ1n) is 9.80. The van der Waals surface area contributed by atoms with E-state index in [1.807, 2.05) is 11.8 Å². The predicted molar refractivity (Wildman–Crippen MR) is 96.1 cm³/mol. The Labute approximate surface area is 154 Å². The van der Waals surface area contributed by atoms with Gasteiger partial charge in [-0.3, -0.25) is 9.48 Å². The summed E-state index contributed by atoms with van der Waals surface area (Å²) in [6, 6.07) is 0.145. The van der Waals surface area contributed by atoms with Gasteiger partial charge in [-0.2, -0.15) is 5.10 Å². The molecule has 1 saturated heterocycles. The topological polar surface area (TPSA) is 84.7 Å². The molecular weight excluding hydrogens is 334 g/mol. The minimum Gasteiger partial charge on any atom is -0.478 e. The summed E-state index contributed by atoms with van der Waals surface area (Å²) in [6.45, 7) is 3.34. The van der Waals surface area contributed by atoms with E-state index in [0.717, 1.165) is 25.7 Å². The summed E-state index contributed by atoms with van der Waals surface area (Å²) >= 11 is 0. The molecule has 1 aromatic heterocycles. The molecule has 2 fully saturated rings. The molecule has 7 nitrogen and oxygen atoms in total. The molecule has 1 saturated carbocycles. The molecule has 0 bridgehead atoms. The first-order valence-corrected chi connectivity index (χ1v) is 9.80. The van der Waals surface area contributed by atoms with Gasteiger partial charge in [0.2, 0.25) is 0 Å². The van der Waals surface area contributed by atoms with Crippen molar-refractivity contribution in [2.24, 2.45) is 0 Å². The summed E-state index contributed by atoms with van der Waals surface area (Å²) in [6.07, 6.45) is 10.9. The van der Waals surface area contributed by atoms with Crippen LogP contribution in [0.15, 0.2) is 12.4 Å². The smallest absolute Gasteiger partial charge is 0.338 e. The lowest BCUT2D eigenvalue weighted by Gasteiger charge is -2.35. The highest BCUT2D eigenvalue weighted by molar-refractivity contribution is 5.86. The number of hydrogen-bond acceptors (Lipinski definition) is 4. The number of piperidine rings is 1. The van der Waals surface area contributed by atoms with Crippen molar-refractivity contribution >= 4 is 11.9 Å². The fraction of sp³-hybridized carbons (Fsp3) is 0.737. The molecule has 2 heterocycles. The van der Waals surface area contributed by atoms with Crippen molar-refractivity contribution in [2.45, 2.75) is 76.5 Å². The van der Waals surface area contributed by atoms with Crippen molar-refractivity contribution in [3.8, 4) is 0 Å². The molecular formula is C19H29N3O4. The Morgan fingerprint density at radius 3 is 2.50 bits per heavy atom. The molecule has 0 radical (unpaired) electrons. The third-order valence-corrected chi connectivity index (χ3v) is 5.55. The van der Waals surface area contributed by atoms with Crippen LogP contribution in [0.1, 0.15) is 74.7 Å². The molecule has 1 aliphatic heterocycles. The molecule has 0 aromatic carbocycles. The summed E-state index contributed by atoms with van der Waals surface area (Å²) in [4.78, 5) is 25.7. The molecule has 1 aromatic rings. The van der Waals surface area contributed by atoms with Crippen LogP contribution >= 0.6 is 0 Å². The van der Waals surface area contributed by atoms with Crippen LogP contribution < -0.4 is 0 Å². The molecule has 0 spiro atoms. The second kappa shape index (κ2) is 8.66. The van der Waals surface area contributed by atoms with Crippen molar-refractivity contribution in [3.63, 3.8) is 0 Å². The average molecular weight is 363 g/mol. The number of rotatable bonds is 6. The van der Waals surface area contributed by atoms with Gasteiger partial charge in [0.1, 0.15) is 6.10 Å². The lowest BCUT2D eigenvalue weighted by Crippen LogP contribution is -2.46. The SMILES string of the molecule is CCC(OC1CCCCC1)C(=O)N1CCC(n2cc(C(=O)O)cn2)CC1. The molecule has 1 atom stereocenters. The van der Waals surface area contributed by atoms with Crippen LogP contribution in [0.3, 0.4) is 0 Å². The van der Waals surface area contributed by atoms with Crippen LogP contribution in [0.2, 0.25) is 0 Å². The van der Waals surface area contributed by atoms with Gasteiger partial charge in [-0.1, -0.05) is 26.2 Å². The van der Waals surface area contributed by atoms with Gasteiger partial charge in [-0.25, -0.2) is 4.79 Å². The van der Waals surface area contributed by atoms with E-state index in [4.69, 9.17) is 9.84 Å². The van der Waals surface area contributed by atoms with E-state index in [2.05, 4.69) is 5.10 Å². The Morgan fingerprint density at radius 1 is 1.23 bits per heavy atom. The maximum Gasteiger partial charge on any atom is 0.338 e. The van der Waals surface area contributed by atoms with Crippen LogP contribution in [0, 0.1) is 0 Å². The first-order chi connectivity index (χ1) is 12.6. The minimum absolute atomic E-state index is 0.100. The normalized spacial score (nSPS) is 20.9. The van der Waals surface area contributed by atoms with E-state index in [1.165, 1.54) is 25.5 Å². The summed E-state index contributed by atoms with van der Waals surface area (Å²) < 4.78 is 7.85. The van der Waals surface area contributed by atoms with E-state index in [1.54, 1.807) is 10.9 Å². The highest BCUT2D eigenvalue weighted by Crippen LogP contribution is 2.26. The number of hydrogen-bond donors (Lipinski definition) is 1. The Kier molecular flexibility index (Phi) is 6.29. The number of aromatic nitrogens is 2. The van der Waals surface area contributed by atoms with E-state index in [-0.39, 0.29) is 29.7 Å². The molecule has 7 heteroatoms. The summed E-state index contributed by atoms with van der Waals surface area (Å²) in [5.74, 6) is -0.863. The molecule has 26 heavy (non-hydrogen) atoms. The Balaban J connectivity index is 1.52. The summed E-state index contributed by atoms with van der Waals surface area (Å²) in [5, 5.41) is 13.2. The fourth-order valence-electron chi connectivity index (χ4n) is 3.97. The van der Waals surface area contributed by atoms with Gasteiger partial charge < -0.3 is 14.7 Å². The lowest BCUT2D eigenvalue weighted by atomic mass is 9.97. The van der Waals surface area contributed by atoms with E-state index in [0.29, 0.717) is 19.5 Å². The molecule has 1 aliphatic carbocycles. The third-order valence-electron chi connectivity index (χ3n) is 5.55. The summed E-state index contributed by atoms with van der Waals surface area (Å²) in [7, 11) is 0. The van der Waals surface area contributed by atoms with Crippen LogP contribution in [0.5, 0.6) is 0 Å². The number of carboxylic acid groups (broad SMARTS) is 1. The maximum absolute atomic E-state index is 12.8. The molecule has 1 N–H and O–H groups in total. The number of ether oxygens (including phenoxy) is 1. The highest BCUT2D eigenvalue weighted by atomic mass is 16.5. The average Bonchev–Trinajstić information content (AvgIpc) is 3.17. The van der Waals surface area contributed by atoms with Crippen molar-refractivity contribution in [3.05, 3.63) is 18.0 Å². The largest absolute Gasteiger partial charge is 0.478 e. The zero-order valence-corrected chi connectivity index (χ0v) is 15.5. The first kappa shape index (κ1) is 18.9. The van der Waals surface area contributed by atoms with E-state index < -0.39 is 5.97 Å². The van der Waals surface area contributed by atoms with Gasteiger partial charge in [0, 0.05) is 19.3 Å². The monoisotopic (exact) mass is 363 g/mol. The van der Waals surface area contributed by atoms with Gasteiger partial charge in [0.05, 0.1) is 23.9 Å². The number of carbonyl (C=O) groups is 2. The molecule has 1 unspecified atom stereocenters. The number of likely N-dealkylation sites (tertiary alicyclic amines) is 1. The van der Waals surface area contributed by atoms with Crippen LogP contribution in [-0.4, -0.2) is 57.0 Å². The molecule has 2 aliphatic rings. The summed E-state index contributed by atoms with van der Waals surface area (Å²) in [5.41, 5.74) is 0.204. The number of aromatic carboxylic acids is 1. The standard InChI is InChI=1S/C19H29N3O4/c1-2-17(26-16-6-4-3-5-7-16)18(23)21-10-8-15(9-11-21)22-13-14(12-20-22)19(24)25/h12-13,15-17H,2-11H2,1H3,(H,24,25). The third kappa shape index (κ3) is 4.44. The maximum atomic E-state index is 12.8. The quantitative estimate of drug-likeness (QED) is 0.840. The van der Waals surface area contributed by atoms with Gasteiger partial charge in [-0.05, 0) is 32.1 Å². The molecule has 3 rings (SSSR count). The van der Waals surface area contributed by atoms with Gasteiger partial charge in [0.15, 0.2) is 0 Å². The van der Waals surface area contributed by atoms with E-state index >= 15 is 0 Å². The van der Waals surface area contributed by atoms with E-state index in [9.17, 15) is 9.59 Å². The van der Waals surface area contributed by atoms with Gasteiger partial charge >= 0.3 is 5.97 Å². The van der Waals surface area contributed by atoms with Crippen LogP contribution in [0.4, 0.5) is 0 Å². The van der Waals surface area contributed by atoms with Crippen molar-refractivity contribution in [1.29, 1.82) is 0 Å². The lowest BCUT2D eigenvalue weighted by molar-refractivity contribution is -0.150. The molecule has 1 amide bonds. The Morgan fingerprint density at radius 2 is 1.92 bits per heavy atom. The fourth-order valence-corrected chi connectivity index (χ4v) is 3.97. The highest BCUT2D eigenvalue weighted by Gasteiger charge is 2.30. The number of carbonyl (C=O) groups excluding carboxylic acids is 1. The number of carboxylic acids is 1. The van der Waals surface area contributed by atoms with Crippen molar-refractivity contribution < 1.29 is 19.4 Å². The zero-order valence-electron chi connectivity index (χ0n) is 15.5. The van der Waals surface area contributed by atoms with Crippen LogP contribution in [0.25, 0.3) is 0 Å². The van der Waals surface area contributed by atoms with Gasteiger partial charge in [0.25, 0.3) is 5.91 Å². The van der Waals surface area contributed by atoms with Crippen molar-refractivity contribution in [1.82, 2.24) is 14.7 Å². The Bertz CT molecular complexity index is 616. The van der Waals surface area contributed by atoms with Gasteiger partial charge in [-0.15, -0.1) is 0 Å². The van der Waals surface area contributed by atoms with Crippen molar-refractivity contribution in [2.75, 3.05) is 13.1 Å². The zero-order chi connectivity index (χ0) is 18.5. The number of nitrogens with zero attached hydrogens (tertiary/aromatic N) is 3. The predicted octanol–water partition coefficient (Wildman–Crippen LogP) is 2.87. The second-order valence-corrected chi connectivity index (χ2v) is 7.36. The Hall–Kier alpha value is -1.89.